The summed E-state index contributed by atoms with van der Waals surface area (Å²) in [7, 11) is 0. The van der Waals surface area contributed by atoms with Gasteiger partial charge in [0.2, 0.25) is 0 Å². The monoisotopic (exact) mass is 296 g/mol. The van der Waals surface area contributed by atoms with Gasteiger partial charge in [0.1, 0.15) is 11.1 Å². The Morgan fingerprint density at radius 1 is 1.64 bits per heavy atom. The summed E-state index contributed by atoms with van der Waals surface area (Å²) in [6.45, 7) is 0. The first kappa shape index (κ1) is 11.7. The van der Waals surface area contributed by atoms with Crippen molar-refractivity contribution in [1.82, 2.24) is 4.98 Å². The summed E-state index contributed by atoms with van der Waals surface area (Å²) in [4.78, 5) is 14.5. The van der Waals surface area contributed by atoms with Crippen LogP contribution in [0, 0.1) is 10.1 Å². The van der Waals surface area contributed by atoms with Gasteiger partial charge in [-0.3, -0.25) is 15.1 Å². The Kier molecular flexibility index (Phi) is 4.64. The quantitative estimate of drug-likeness (QED) is 0.371. The summed E-state index contributed by atoms with van der Waals surface area (Å²) in [6, 6.07) is 0. The van der Waals surface area contributed by atoms with Crippen molar-refractivity contribution in [3.05, 3.63) is 27.0 Å². The fourth-order valence-corrected chi connectivity index (χ4v) is 2.47. The molecule has 76 valence electrons. The minimum absolute atomic E-state index is 0.00879. The summed E-state index contributed by atoms with van der Waals surface area (Å²) in [6.07, 6.45) is 2.77. The number of pyridine rings is 1. The second-order valence-corrected chi connectivity index (χ2v) is 4.60. The van der Waals surface area contributed by atoms with E-state index in [-0.39, 0.29) is 5.69 Å². The molecule has 7 heteroatoms. The predicted molar refractivity (Wildman–Crippen MR) is 60.0 cm³/mol. The van der Waals surface area contributed by atoms with Crippen molar-refractivity contribution in [1.29, 1.82) is 0 Å². The number of hydrogen-bond donors (Lipinski definition) is 0. The van der Waals surface area contributed by atoms with E-state index in [1.165, 1.54) is 24.2 Å². The Balaban J connectivity index is 3.02. The number of thioether (sulfide) groups is 1. The number of aromatic nitrogens is 1. The maximum atomic E-state index is 10.6. The zero-order valence-corrected chi connectivity index (χ0v) is 10.1. The highest BCUT2D eigenvalue weighted by Crippen LogP contribution is 2.34. The molecular formula is C7H6BrClN2O2S. The van der Waals surface area contributed by atoms with E-state index >= 15 is 0 Å². The molecule has 4 nitrogen and oxygen atoms in total. The van der Waals surface area contributed by atoms with Crippen molar-refractivity contribution in [3.63, 3.8) is 0 Å². The first-order valence-electron chi connectivity index (χ1n) is 3.63. The van der Waals surface area contributed by atoms with Crippen LogP contribution in [-0.4, -0.2) is 21.5 Å². The molecule has 1 aromatic heterocycles. The molecule has 1 rings (SSSR count). The van der Waals surface area contributed by atoms with Crippen LogP contribution in [0.1, 0.15) is 0 Å². The third-order valence-corrected chi connectivity index (χ3v) is 3.76. The van der Waals surface area contributed by atoms with Crippen molar-refractivity contribution >= 4 is 45.0 Å². The molecule has 1 aromatic rings. The molecule has 0 spiro atoms. The van der Waals surface area contributed by atoms with Crippen LogP contribution in [-0.2, 0) is 0 Å². The number of rotatable bonds is 4. The predicted octanol–water partition coefficient (Wildman–Crippen LogP) is 3.08. The standard InChI is InChI=1S/C7H6BrClN2O2S/c8-5-3-10-4-6(11(12)13)7(5)14-2-1-9/h3-4H,1-2H2. The average Bonchev–Trinajstić information content (AvgIpc) is 2.15. The van der Waals surface area contributed by atoms with Gasteiger partial charge in [0.15, 0.2) is 0 Å². The Morgan fingerprint density at radius 3 is 2.93 bits per heavy atom. The first-order chi connectivity index (χ1) is 6.66. The molecule has 0 atom stereocenters. The van der Waals surface area contributed by atoms with Gasteiger partial charge in [-0.05, 0) is 15.9 Å². The maximum absolute atomic E-state index is 10.6. The highest BCUT2D eigenvalue weighted by atomic mass is 79.9. The zero-order chi connectivity index (χ0) is 10.6. The van der Waals surface area contributed by atoms with Crippen molar-refractivity contribution < 1.29 is 4.92 Å². The van der Waals surface area contributed by atoms with Gasteiger partial charge in [0, 0.05) is 17.8 Å². The number of hydrogen-bond acceptors (Lipinski definition) is 4. The molecule has 0 N–H and O–H groups in total. The van der Waals surface area contributed by atoms with Crippen LogP contribution in [0.5, 0.6) is 0 Å². The Morgan fingerprint density at radius 2 is 2.36 bits per heavy atom. The summed E-state index contributed by atoms with van der Waals surface area (Å²) in [5.74, 6) is 1.08. The second kappa shape index (κ2) is 5.53. The van der Waals surface area contributed by atoms with Crippen LogP contribution in [0.25, 0.3) is 0 Å². The highest BCUT2D eigenvalue weighted by Gasteiger charge is 2.17. The van der Waals surface area contributed by atoms with Gasteiger partial charge >= 0.3 is 5.69 Å². The minimum atomic E-state index is -0.450. The molecule has 0 saturated heterocycles. The Labute approximate surface area is 98.3 Å². The molecule has 0 aliphatic heterocycles. The summed E-state index contributed by atoms with van der Waals surface area (Å²) in [5, 5.41) is 10.6. The van der Waals surface area contributed by atoms with Crippen molar-refractivity contribution in [2.24, 2.45) is 0 Å². The SMILES string of the molecule is O=[N+]([O-])c1cncc(Br)c1SCCCl. The Bertz CT molecular complexity index is 350. The van der Waals surface area contributed by atoms with Crippen LogP contribution in [0.15, 0.2) is 21.8 Å². The minimum Gasteiger partial charge on any atom is -0.258 e. The van der Waals surface area contributed by atoms with Gasteiger partial charge in [-0.2, -0.15) is 0 Å². The zero-order valence-electron chi connectivity index (χ0n) is 6.94. The van der Waals surface area contributed by atoms with Gasteiger partial charge in [-0.15, -0.1) is 23.4 Å². The van der Waals surface area contributed by atoms with Crippen molar-refractivity contribution in [2.45, 2.75) is 4.90 Å². The molecule has 0 aliphatic rings. The Hall–Kier alpha value is -0.330. The second-order valence-electron chi connectivity index (χ2n) is 2.26. The molecule has 0 radical (unpaired) electrons. The number of nitrogens with zero attached hydrogens (tertiary/aromatic N) is 2. The van der Waals surface area contributed by atoms with E-state index in [4.69, 9.17) is 11.6 Å². The lowest BCUT2D eigenvalue weighted by molar-refractivity contribution is -0.388. The third-order valence-electron chi connectivity index (χ3n) is 1.35. The lowest BCUT2D eigenvalue weighted by Gasteiger charge is -2.02. The van der Waals surface area contributed by atoms with Crippen LogP contribution < -0.4 is 0 Å². The first-order valence-corrected chi connectivity index (χ1v) is 5.94. The van der Waals surface area contributed by atoms with E-state index in [2.05, 4.69) is 20.9 Å². The number of alkyl halides is 1. The maximum Gasteiger partial charge on any atom is 0.302 e. The average molecular weight is 298 g/mol. The van der Waals surface area contributed by atoms with Gasteiger partial charge < -0.3 is 0 Å². The normalized spacial score (nSPS) is 10.1. The highest BCUT2D eigenvalue weighted by molar-refractivity contribution is 9.10. The van der Waals surface area contributed by atoms with Gasteiger partial charge in [0.05, 0.1) is 9.40 Å². The van der Waals surface area contributed by atoms with Gasteiger partial charge in [0.25, 0.3) is 0 Å². The summed E-state index contributed by atoms with van der Waals surface area (Å²) in [5.41, 5.74) is 0.00879. The van der Waals surface area contributed by atoms with Crippen LogP contribution in [0.2, 0.25) is 0 Å². The molecule has 14 heavy (non-hydrogen) atoms. The van der Waals surface area contributed by atoms with E-state index in [0.717, 1.165) is 0 Å². The molecule has 0 aliphatic carbocycles. The lowest BCUT2D eigenvalue weighted by atomic mass is 10.4. The number of nitro groups is 1. The molecule has 0 fully saturated rings. The smallest absolute Gasteiger partial charge is 0.258 e. The summed E-state index contributed by atoms with van der Waals surface area (Å²) < 4.78 is 0.627. The van der Waals surface area contributed by atoms with E-state index < -0.39 is 4.92 Å². The van der Waals surface area contributed by atoms with E-state index in [1.54, 1.807) is 0 Å². The van der Waals surface area contributed by atoms with Gasteiger partial charge in [-0.25, -0.2) is 0 Å². The molecule has 0 aromatic carbocycles. The number of halogens is 2. The topological polar surface area (TPSA) is 56.0 Å². The van der Waals surface area contributed by atoms with Crippen molar-refractivity contribution in [2.75, 3.05) is 11.6 Å². The van der Waals surface area contributed by atoms with E-state index in [1.807, 2.05) is 0 Å². The van der Waals surface area contributed by atoms with E-state index in [0.29, 0.717) is 21.0 Å². The molecule has 1 heterocycles. The largest absolute Gasteiger partial charge is 0.302 e. The van der Waals surface area contributed by atoms with Crippen LogP contribution in [0.4, 0.5) is 5.69 Å². The van der Waals surface area contributed by atoms with Crippen LogP contribution >= 0.6 is 39.3 Å². The van der Waals surface area contributed by atoms with E-state index in [9.17, 15) is 10.1 Å². The third kappa shape index (κ3) is 2.83. The molecule has 0 unspecified atom stereocenters. The fourth-order valence-electron chi connectivity index (χ4n) is 0.826. The van der Waals surface area contributed by atoms with Crippen molar-refractivity contribution in [3.8, 4) is 0 Å². The molecule has 0 amide bonds. The summed E-state index contributed by atoms with van der Waals surface area (Å²) >= 11 is 10.1. The van der Waals surface area contributed by atoms with Crippen LogP contribution in [0.3, 0.4) is 0 Å². The fraction of sp³-hybridized carbons (Fsp3) is 0.286. The molecule has 0 bridgehead atoms. The van der Waals surface area contributed by atoms with Gasteiger partial charge in [-0.1, -0.05) is 0 Å². The molecule has 0 saturated carbocycles. The molecular weight excluding hydrogens is 292 g/mol. The lowest BCUT2D eigenvalue weighted by Crippen LogP contribution is -1.94.